The fourth-order valence-electron chi connectivity index (χ4n) is 2.78. The van der Waals surface area contributed by atoms with Gasteiger partial charge >= 0.3 is 0 Å². The molecule has 1 saturated heterocycles. The van der Waals surface area contributed by atoms with E-state index in [0.29, 0.717) is 12.0 Å². The van der Waals surface area contributed by atoms with Gasteiger partial charge in [-0.2, -0.15) is 0 Å². The monoisotopic (exact) mass is 284 g/mol. The average molecular weight is 284 g/mol. The van der Waals surface area contributed by atoms with Crippen molar-refractivity contribution in [2.75, 3.05) is 6.61 Å². The van der Waals surface area contributed by atoms with Crippen molar-refractivity contribution >= 4 is 0 Å². The molecular formula is C18H36O2. The van der Waals surface area contributed by atoms with Gasteiger partial charge in [-0.25, -0.2) is 0 Å². The molecular weight excluding hydrogens is 248 g/mol. The van der Waals surface area contributed by atoms with Gasteiger partial charge in [0.15, 0.2) is 6.29 Å². The first kappa shape index (κ1) is 18.0. The SMILES string of the molecule is CCCCCCCCCCCCC1OCC(C(C)C)O1. The lowest BCUT2D eigenvalue weighted by atomic mass is 10.1. The van der Waals surface area contributed by atoms with Crippen molar-refractivity contribution < 1.29 is 9.47 Å². The molecule has 0 aromatic carbocycles. The maximum Gasteiger partial charge on any atom is 0.158 e. The number of ether oxygens (including phenoxy) is 2. The minimum atomic E-state index is 0.0800. The summed E-state index contributed by atoms with van der Waals surface area (Å²) < 4.78 is 11.6. The van der Waals surface area contributed by atoms with E-state index in [-0.39, 0.29) is 6.29 Å². The maximum atomic E-state index is 5.88. The standard InChI is InChI=1S/C18H36O2/c1-4-5-6-7-8-9-10-11-12-13-14-18-19-15-17(20-18)16(2)3/h16-18H,4-15H2,1-3H3. The summed E-state index contributed by atoms with van der Waals surface area (Å²) in [7, 11) is 0. The first-order valence-electron chi connectivity index (χ1n) is 9.01. The van der Waals surface area contributed by atoms with Gasteiger partial charge in [-0.1, -0.05) is 78.6 Å². The van der Waals surface area contributed by atoms with Crippen molar-refractivity contribution in [1.29, 1.82) is 0 Å². The van der Waals surface area contributed by atoms with Crippen LogP contribution in [0.15, 0.2) is 0 Å². The van der Waals surface area contributed by atoms with Crippen LogP contribution in [0.25, 0.3) is 0 Å². The van der Waals surface area contributed by atoms with Crippen LogP contribution in [0.1, 0.15) is 91.4 Å². The number of unbranched alkanes of at least 4 members (excludes halogenated alkanes) is 9. The predicted molar refractivity (Wildman–Crippen MR) is 85.9 cm³/mol. The molecule has 2 nitrogen and oxygen atoms in total. The molecule has 1 heterocycles. The van der Waals surface area contributed by atoms with Crippen molar-refractivity contribution in [3.63, 3.8) is 0 Å². The molecule has 0 bridgehead atoms. The van der Waals surface area contributed by atoms with Gasteiger partial charge in [-0.15, -0.1) is 0 Å². The van der Waals surface area contributed by atoms with Gasteiger partial charge in [0.1, 0.15) is 0 Å². The van der Waals surface area contributed by atoms with Crippen molar-refractivity contribution in [3.05, 3.63) is 0 Å². The molecule has 0 aromatic rings. The highest BCUT2D eigenvalue weighted by Gasteiger charge is 2.27. The van der Waals surface area contributed by atoms with Gasteiger partial charge in [0.05, 0.1) is 12.7 Å². The highest BCUT2D eigenvalue weighted by Crippen LogP contribution is 2.22. The molecule has 0 aliphatic carbocycles. The first-order chi connectivity index (χ1) is 9.74. The Morgan fingerprint density at radius 2 is 1.40 bits per heavy atom. The van der Waals surface area contributed by atoms with Gasteiger partial charge < -0.3 is 9.47 Å². The summed E-state index contributed by atoms with van der Waals surface area (Å²) in [4.78, 5) is 0. The van der Waals surface area contributed by atoms with Crippen molar-refractivity contribution in [3.8, 4) is 0 Å². The summed E-state index contributed by atoms with van der Waals surface area (Å²) in [6, 6.07) is 0. The lowest BCUT2D eigenvalue weighted by molar-refractivity contribution is -0.0697. The van der Waals surface area contributed by atoms with E-state index in [1.165, 1.54) is 64.2 Å². The quantitative estimate of drug-likeness (QED) is 0.428. The summed E-state index contributed by atoms with van der Waals surface area (Å²) in [6.07, 6.45) is 15.4. The summed E-state index contributed by atoms with van der Waals surface area (Å²) in [6.45, 7) is 7.48. The second-order valence-corrected chi connectivity index (χ2v) is 6.65. The van der Waals surface area contributed by atoms with E-state index >= 15 is 0 Å². The molecule has 0 radical (unpaired) electrons. The zero-order chi connectivity index (χ0) is 14.6. The van der Waals surface area contributed by atoms with E-state index in [1.807, 2.05) is 0 Å². The Bertz CT molecular complexity index is 215. The Labute approximate surface area is 126 Å². The molecule has 0 spiro atoms. The van der Waals surface area contributed by atoms with Crippen LogP contribution in [0.2, 0.25) is 0 Å². The smallest absolute Gasteiger partial charge is 0.158 e. The number of hydrogen-bond acceptors (Lipinski definition) is 2. The molecule has 20 heavy (non-hydrogen) atoms. The third kappa shape index (κ3) is 8.26. The normalized spacial score (nSPS) is 22.8. The third-order valence-electron chi connectivity index (χ3n) is 4.31. The van der Waals surface area contributed by atoms with Gasteiger partial charge in [0.2, 0.25) is 0 Å². The Morgan fingerprint density at radius 3 is 1.90 bits per heavy atom. The maximum absolute atomic E-state index is 5.88. The lowest BCUT2D eigenvalue weighted by Gasteiger charge is -2.13. The summed E-state index contributed by atoms with van der Waals surface area (Å²) >= 11 is 0. The fraction of sp³-hybridized carbons (Fsp3) is 1.00. The molecule has 2 atom stereocenters. The van der Waals surface area contributed by atoms with Gasteiger partial charge in [-0.05, 0) is 18.8 Å². The molecule has 1 rings (SSSR count). The summed E-state index contributed by atoms with van der Waals surface area (Å²) in [5, 5.41) is 0. The van der Waals surface area contributed by atoms with E-state index in [2.05, 4.69) is 20.8 Å². The number of hydrogen-bond donors (Lipinski definition) is 0. The molecule has 0 aromatic heterocycles. The van der Waals surface area contributed by atoms with E-state index in [1.54, 1.807) is 0 Å². The fourth-order valence-corrected chi connectivity index (χ4v) is 2.78. The van der Waals surface area contributed by atoms with Crippen LogP contribution in [0.4, 0.5) is 0 Å². The Hall–Kier alpha value is -0.0800. The van der Waals surface area contributed by atoms with Gasteiger partial charge in [0, 0.05) is 0 Å². The van der Waals surface area contributed by atoms with Crippen LogP contribution < -0.4 is 0 Å². The van der Waals surface area contributed by atoms with Crippen LogP contribution in [0.3, 0.4) is 0 Å². The molecule has 2 unspecified atom stereocenters. The highest BCUT2D eigenvalue weighted by atomic mass is 16.7. The van der Waals surface area contributed by atoms with Crippen molar-refractivity contribution in [2.45, 2.75) is 104 Å². The molecule has 0 amide bonds. The number of rotatable bonds is 12. The van der Waals surface area contributed by atoms with Gasteiger partial charge in [-0.3, -0.25) is 0 Å². The van der Waals surface area contributed by atoms with E-state index in [0.717, 1.165) is 13.0 Å². The van der Waals surface area contributed by atoms with E-state index in [4.69, 9.17) is 9.47 Å². The molecule has 0 N–H and O–H groups in total. The minimum Gasteiger partial charge on any atom is -0.350 e. The van der Waals surface area contributed by atoms with E-state index in [9.17, 15) is 0 Å². The second-order valence-electron chi connectivity index (χ2n) is 6.65. The Balaban J connectivity index is 1.81. The van der Waals surface area contributed by atoms with Crippen LogP contribution >= 0.6 is 0 Å². The van der Waals surface area contributed by atoms with Crippen LogP contribution in [-0.2, 0) is 9.47 Å². The van der Waals surface area contributed by atoms with Crippen LogP contribution in [0.5, 0.6) is 0 Å². The van der Waals surface area contributed by atoms with Crippen molar-refractivity contribution in [1.82, 2.24) is 0 Å². The Morgan fingerprint density at radius 1 is 0.850 bits per heavy atom. The molecule has 2 heteroatoms. The largest absolute Gasteiger partial charge is 0.350 e. The first-order valence-corrected chi connectivity index (χ1v) is 9.01. The highest BCUT2D eigenvalue weighted by molar-refractivity contribution is 4.68. The lowest BCUT2D eigenvalue weighted by Crippen LogP contribution is -2.18. The van der Waals surface area contributed by atoms with Crippen LogP contribution in [0, 0.1) is 5.92 Å². The molecule has 1 fully saturated rings. The average Bonchev–Trinajstić information content (AvgIpc) is 2.90. The molecule has 0 saturated carbocycles. The van der Waals surface area contributed by atoms with Crippen LogP contribution in [-0.4, -0.2) is 19.0 Å². The summed E-state index contributed by atoms with van der Waals surface area (Å²) in [5.41, 5.74) is 0. The Kier molecular flexibility index (Phi) is 10.4. The van der Waals surface area contributed by atoms with Gasteiger partial charge in [0.25, 0.3) is 0 Å². The second kappa shape index (κ2) is 11.6. The van der Waals surface area contributed by atoms with Crippen molar-refractivity contribution in [2.24, 2.45) is 5.92 Å². The minimum absolute atomic E-state index is 0.0800. The third-order valence-corrected chi connectivity index (χ3v) is 4.31. The summed E-state index contributed by atoms with van der Waals surface area (Å²) in [5.74, 6) is 0.577. The predicted octanol–water partition coefficient (Wildman–Crippen LogP) is 5.69. The van der Waals surface area contributed by atoms with E-state index < -0.39 is 0 Å². The zero-order valence-corrected chi connectivity index (χ0v) is 14.0. The molecule has 1 aliphatic heterocycles. The zero-order valence-electron chi connectivity index (χ0n) is 14.0. The molecule has 120 valence electrons. The topological polar surface area (TPSA) is 18.5 Å². The molecule has 1 aliphatic rings.